The quantitative estimate of drug-likeness (QED) is 0.785. The van der Waals surface area contributed by atoms with Crippen molar-refractivity contribution in [2.45, 2.75) is 33.2 Å². The predicted molar refractivity (Wildman–Crippen MR) is 72.1 cm³/mol. The standard InChI is InChI=1S/C14H23N3/c1-3-15-14-7-5-6-13(16-14)11-17(4-2)10-12-8-9-12/h5-7,12H,3-4,8-11H2,1-2H3,(H,15,16). The Bertz CT molecular complexity index is 347. The highest BCUT2D eigenvalue weighted by Gasteiger charge is 2.23. The maximum atomic E-state index is 4.63. The average molecular weight is 233 g/mol. The third kappa shape index (κ3) is 4.00. The van der Waals surface area contributed by atoms with E-state index in [1.54, 1.807) is 0 Å². The molecule has 1 N–H and O–H groups in total. The fraction of sp³-hybridized carbons (Fsp3) is 0.643. The van der Waals surface area contributed by atoms with E-state index < -0.39 is 0 Å². The van der Waals surface area contributed by atoms with Crippen LogP contribution in [0.5, 0.6) is 0 Å². The first-order valence-corrected chi connectivity index (χ1v) is 6.74. The SMILES string of the molecule is CCNc1cccc(CN(CC)CC2CC2)n1. The van der Waals surface area contributed by atoms with E-state index in [-0.39, 0.29) is 0 Å². The lowest BCUT2D eigenvalue weighted by atomic mass is 10.3. The minimum Gasteiger partial charge on any atom is -0.370 e. The molecule has 0 atom stereocenters. The molecule has 0 radical (unpaired) electrons. The van der Waals surface area contributed by atoms with Crippen LogP contribution in [0.25, 0.3) is 0 Å². The Balaban J connectivity index is 1.92. The highest BCUT2D eigenvalue weighted by molar-refractivity contribution is 5.34. The summed E-state index contributed by atoms with van der Waals surface area (Å²) in [6, 6.07) is 6.24. The van der Waals surface area contributed by atoms with Crippen LogP contribution in [0.4, 0.5) is 5.82 Å². The van der Waals surface area contributed by atoms with E-state index in [2.05, 4.69) is 41.2 Å². The predicted octanol–water partition coefficient (Wildman–Crippen LogP) is 2.75. The molecule has 3 heteroatoms. The number of pyridine rings is 1. The Morgan fingerprint density at radius 3 is 2.82 bits per heavy atom. The Hall–Kier alpha value is -1.09. The van der Waals surface area contributed by atoms with Gasteiger partial charge in [-0.1, -0.05) is 13.0 Å². The maximum Gasteiger partial charge on any atom is 0.126 e. The minimum atomic E-state index is 0.927. The number of nitrogens with zero attached hydrogens (tertiary/aromatic N) is 2. The molecular formula is C14H23N3. The summed E-state index contributed by atoms with van der Waals surface area (Å²) >= 11 is 0. The third-order valence-corrected chi connectivity index (χ3v) is 3.21. The average Bonchev–Trinajstić information content (AvgIpc) is 3.13. The zero-order valence-corrected chi connectivity index (χ0v) is 10.9. The fourth-order valence-electron chi connectivity index (χ4n) is 2.05. The van der Waals surface area contributed by atoms with E-state index in [0.717, 1.165) is 31.4 Å². The van der Waals surface area contributed by atoms with E-state index in [1.807, 2.05) is 6.07 Å². The van der Waals surface area contributed by atoms with Gasteiger partial charge in [-0.3, -0.25) is 4.90 Å². The van der Waals surface area contributed by atoms with E-state index >= 15 is 0 Å². The number of anilines is 1. The molecule has 94 valence electrons. The monoisotopic (exact) mass is 233 g/mol. The molecule has 0 unspecified atom stereocenters. The van der Waals surface area contributed by atoms with E-state index in [4.69, 9.17) is 0 Å². The van der Waals surface area contributed by atoms with Crippen molar-refractivity contribution in [1.29, 1.82) is 0 Å². The second-order valence-electron chi connectivity index (χ2n) is 4.82. The Morgan fingerprint density at radius 1 is 1.35 bits per heavy atom. The fourth-order valence-corrected chi connectivity index (χ4v) is 2.05. The zero-order chi connectivity index (χ0) is 12.1. The van der Waals surface area contributed by atoms with Gasteiger partial charge in [-0.15, -0.1) is 0 Å². The van der Waals surface area contributed by atoms with Crippen molar-refractivity contribution in [2.24, 2.45) is 5.92 Å². The summed E-state index contributed by atoms with van der Waals surface area (Å²) in [6.07, 6.45) is 2.84. The number of nitrogens with one attached hydrogen (secondary N) is 1. The van der Waals surface area contributed by atoms with Gasteiger partial charge in [0.15, 0.2) is 0 Å². The topological polar surface area (TPSA) is 28.2 Å². The summed E-state index contributed by atoms with van der Waals surface area (Å²) in [5.74, 6) is 1.94. The van der Waals surface area contributed by atoms with Gasteiger partial charge in [-0.05, 0) is 44.4 Å². The van der Waals surface area contributed by atoms with Gasteiger partial charge in [-0.2, -0.15) is 0 Å². The van der Waals surface area contributed by atoms with E-state index in [1.165, 1.54) is 25.1 Å². The number of rotatable bonds is 7. The van der Waals surface area contributed by atoms with Crippen LogP contribution < -0.4 is 5.32 Å². The molecule has 0 bridgehead atoms. The summed E-state index contributed by atoms with van der Waals surface area (Å²) < 4.78 is 0. The molecule has 1 heterocycles. The van der Waals surface area contributed by atoms with Crippen LogP contribution in [0.2, 0.25) is 0 Å². The molecule has 1 aromatic rings. The molecule has 1 aliphatic rings. The van der Waals surface area contributed by atoms with Crippen molar-refractivity contribution in [3.63, 3.8) is 0 Å². The van der Waals surface area contributed by atoms with Crippen molar-refractivity contribution >= 4 is 5.82 Å². The van der Waals surface area contributed by atoms with E-state index in [9.17, 15) is 0 Å². The Kier molecular flexibility index (Phi) is 4.37. The van der Waals surface area contributed by atoms with Crippen molar-refractivity contribution in [3.8, 4) is 0 Å². The number of aromatic nitrogens is 1. The van der Waals surface area contributed by atoms with Crippen LogP contribution in [0.1, 0.15) is 32.4 Å². The summed E-state index contributed by atoms with van der Waals surface area (Å²) in [7, 11) is 0. The molecule has 0 saturated heterocycles. The number of hydrogen-bond acceptors (Lipinski definition) is 3. The Morgan fingerprint density at radius 2 is 2.18 bits per heavy atom. The van der Waals surface area contributed by atoms with Crippen LogP contribution >= 0.6 is 0 Å². The van der Waals surface area contributed by atoms with Gasteiger partial charge in [0.2, 0.25) is 0 Å². The van der Waals surface area contributed by atoms with Crippen LogP contribution in [0.15, 0.2) is 18.2 Å². The van der Waals surface area contributed by atoms with Gasteiger partial charge >= 0.3 is 0 Å². The molecule has 0 aliphatic heterocycles. The molecule has 17 heavy (non-hydrogen) atoms. The molecular weight excluding hydrogens is 210 g/mol. The molecule has 0 aromatic carbocycles. The number of hydrogen-bond donors (Lipinski definition) is 1. The van der Waals surface area contributed by atoms with Crippen LogP contribution in [0, 0.1) is 5.92 Å². The highest BCUT2D eigenvalue weighted by atomic mass is 15.1. The van der Waals surface area contributed by atoms with Gasteiger partial charge in [0.1, 0.15) is 5.82 Å². The molecule has 1 saturated carbocycles. The van der Waals surface area contributed by atoms with Gasteiger partial charge < -0.3 is 5.32 Å². The van der Waals surface area contributed by atoms with Crippen LogP contribution in [-0.2, 0) is 6.54 Å². The van der Waals surface area contributed by atoms with Gasteiger partial charge in [-0.25, -0.2) is 4.98 Å². The molecule has 0 spiro atoms. The minimum absolute atomic E-state index is 0.927. The van der Waals surface area contributed by atoms with Crippen LogP contribution in [-0.4, -0.2) is 29.5 Å². The lowest BCUT2D eigenvalue weighted by Crippen LogP contribution is -2.25. The summed E-state index contributed by atoms with van der Waals surface area (Å²) in [5, 5.41) is 3.26. The third-order valence-electron chi connectivity index (χ3n) is 3.21. The van der Waals surface area contributed by atoms with Crippen molar-refractivity contribution in [2.75, 3.05) is 25.0 Å². The zero-order valence-electron chi connectivity index (χ0n) is 10.9. The molecule has 1 aliphatic carbocycles. The van der Waals surface area contributed by atoms with Crippen molar-refractivity contribution in [1.82, 2.24) is 9.88 Å². The second-order valence-corrected chi connectivity index (χ2v) is 4.82. The highest BCUT2D eigenvalue weighted by Crippen LogP contribution is 2.29. The van der Waals surface area contributed by atoms with Gasteiger partial charge in [0, 0.05) is 19.6 Å². The first-order valence-electron chi connectivity index (χ1n) is 6.74. The molecule has 1 fully saturated rings. The summed E-state index contributed by atoms with van der Waals surface area (Å²) in [6.45, 7) is 8.59. The molecule has 3 nitrogen and oxygen atoms in total. The van der Waals surface area contributed by atoms with Crippen molar-refractivity contribution < 1.29 is 0 Å². The molecule has 1 aromatic heterocycles. The lowest BCUT2D eigenvalue weighted by molar-refractivity contribution is 0.265. The molecule has 2 rings (SSSR count). The maximum absolute atomic E-state index is 4.63. The van der Waals surface area contributed by atoms with Gasteiger partial charge in [0.05, 0.1) is 5.69 Å². The summed E-state index contributed by atoms with van der Waals surface area (Å²) in [4.78, 5) is 7.12. The van der Waals surface area contributed by atoms with Crippen LogP contribution in [0.3, 0.4) is 0 Å². The Labute approximate surface area is 104 Å². The largest absolute Gasteiger partial charge is 0.370 e. The van der Waals surface area contributed by atoms with Crippen molar-refractivity contribution in [3.05, 3.63) is 23.9 Å². The van der Waals surface area contributed by atoms with Gasteiger partial charge in [0.25, 0.3) is 0 Å². The normalized spacial score (nSPS) is 15.2. The second kappa shape index (κ2) is 6.01. The lowest BCUT2D eigenvalue weighted by Gasteiger charge is -2.19. The van der Waals surface area contributed by atoms with E-state index in [0.29, 0.717) is 0 Å². The smallest absolute Gasteiger partial charge is 0.126 e. The first kappa shape index (κ1) is 12.4. The summed E-state index contributed by atoms with van der Waals surface area (Å²) in [5.41, 5.74) is 1.17. The first-order chi connectivity index (χ1) is 8.31. The molecule has 0 amide bonds.